The summed E-state index contributed by atoms with van der Waals surface area (Å²) in [6.45, 7) is 5.24. The Labute approximate surface area is 119 Å². The number of nitrogens with one attached hydrogen (secondary N) is 2. The van der Waals surface area contributed by atoms with Crippen molar-refractivity contribution in [3.63, 3.8) is 0 Å². The van der Waals surface area contributed by atoms with Crippen LogP contribution in [0.5, 0.6) is 0 Å². The molecule has 0 aromatic carbocycles. The van der Waals surface area contributed by atoms with Gasteiger partial charge in [0.15, 0.2) is 0 Å². The molecule has 20 heavy (non-hydrogen) atoms. The number of rotatable bonds is 8. The van der Waals surface area contributed by atoms with Crippen LogP contribution in [-0.4, -0.2) is 35.0 Å². The number of carboxylic acid groups (broad SMARTS) is 1. The minimum Gasteiger partial charge on any atom is -0.480 e. The number of hydrogen-bond acceptors (Lipinski definition) is 3. The third kappa shape index (κ3) is 6.04. The van der Waals surface area contributed by atoms with E-state index in [1.807, 2.05) is 13.8 Å². The molecule has 0 bridgehead atoms. The molecule has 114 valence electrons. The van der Waals surface area contributed by atoms with Crippen LogP contribution < -0.4 is 10.6 Å². The molecule has 0 unspecified atom stereocenters. The fourth-order valence-electron chi connectivity index (χ4n) is 2.13. The average molecular weight is 284 g/mol. The van der Waals surface area contributed by atoms with E-state index in [2.05, 4.69) is 10.6 Å². The van der Waals surface area contributed by atoms with Crippen LogP contribution >= 0.6 is 0 Å². The lowest BCUT2D eigenvalue weighted by Crippen LogP contribution is -2.51. The van der Waals surface area contributed by atoms with E-state index in [0.29, 0.717) is 18.8 Å². The zero-order chi connectivity index (χ0) is 15.3. The van der Waals surface area contributed by atoms with E-state index in [1.165, 1.54) is 6.92 Å². The Morgan fingerprint density at radius 2 is 1.75 bits per heavy atom. The summed E-state index contributed by atoms with van der Waals surface area (Å²) in [6.07, 6.45) is 3.01. The number of carbonyl (C=O) groups excluding carboxylic acids is 2. The molecule has 0 heterocycles. The smallest absolute Gasteiger partial charge is 0.326 e. The van der Waals surface area contributed by atoms with Gasteiger partial charge in [-0.25, -0.2) is 4.79 Å². The fraction of sp³-hybridized carbons (Fsp3) is 0.786. The first kappa shape index (κ1) is 16.5. The summed E-state index contributed by atoms with van der Waals surface area (Å²) in [4.78, 5) is 34.4. The van der Waals surface area contributed by atoms with Gasteiger partial charge in [0.25, 0.3) is 0 Å². The highest BCUT2D eigenvalue weighted by atomic mass is 16.4. The predicted molar refractivity (Wildman–Crippen MR) is 74.0 cm³/mol. The van der Waals surface area contributed by atoms with Gasteiger partial charge in [0, 0.05) is 6.92 Å². The molecule has 3 N–H and O–H groups in total. The first-order valence-corrected chi connectivity index (χ1v) is 7.09. The van der Waals surface area contributed by atoms with Crippen LogP contribution in [-0.2, 0) is 14.4 Å². The van der Waals surface area contributed by atoms with Crippen molar-refractivity contribution in [2.75, 3.05) is 0 Å². The van der Waals surface area contributed by atoms with Crippen LogP contribution in [0.4, 0.5) is 0 Å². The van der Waals surface area contributed by atoms with Crippen molar-refractivity contribution in [1.29, 1.82) is 0 Å². The predicted octanol–water partition coefficient (Wildman–Crippen LogP) is 0.907. The summed E-state index contributed by atoms with van der Waals surface area (Å²) in [7, 11) is 0. The summed E-state index contributed by atoms with van der Waals surface area (Å²) < 4.78 is 0. The van der Waals surface area contributed by atoms with Gasteiger partial charge in [-0.1, -0.05) is 26.7 Å². The minimum atomic E-state index is -1.02. The maximum absolute atomic E-state index is 12.1. The first-order chi connectivity index (χ1) is 9.29. The van der Waals surface area contributed by atoms with Gasteiger partial charge in [-0.3, -0.25) is 9.59 Å². The highest BCUT2D eigenvalue weighted by Gasteiger charge is 2.32. The summed E-state index contributed by atoms with van der Waals surface area (Å²) in [6, 6.07) is -1.54. The van der Waals surface area contributed by atoms with Crippen molar-refractivity contribution in [3.8, 4) is 0 Å². The van der Waals surface area contributed by atoms with Gasteiger partial charge < -0.3 is 15.7 Å². The second kappa shape index (κ2) is 7.26. The molecule has 0 aliphatic heterocycles. The number of carboxylic acids is 1. The summed E-state index contributed by atoms with van der Waals surface area (Å²) in [5, 5.41) is 14.3. The van der Waals surface area contributed by atoms with Gasteiger partial charge in [-0.05, 0) is 24.7 Å². The van der Waals surface area contributed by atoms with E-state index in [-0.39, 0.29) is 11.8 Å². The van der Waals surface area contributed by atoms with Crippen molar-refractivity contribution in [1.82, 2.24) is 10.6 Å². The standard InChI is InChI=1S/C14H24N2O4/c1-8(2)6-11(15-9(3)17)13(18)16-12(14(19)20)7-10-4-5-10/h8,10-12H,4-7H2,1-3H3,(H,15,17)(H,16,18)(H,19,20)/t11-,12-/m0/s1. The Kier molecular flexibility index (Phi) is 5.98. The quantitative estimate of drug-likeness (QED) is 0.617. The van der Waals surface area contributed by atoms with E-state index in [0.717, 1.165) is 12.8 Å². The van der Waals surface area contributed by atoms with E-state index < -0.39 is 24.0 Å². The molecule has 2 amide bonds. The van der Waals surface area contributed by atoms with Gasteiger partial charge in [0.05, 0.1) is 0 Å². The zero-order valence-corrected chi connectivity index (χ0v) is 12.3. The maximum atomic E-state index is 12.1. The van der Waals surface area contributed by atoms with Gasteiger partial charge in [0.1, 0.15) is 12.1 Å². The van der Waals surface area contributed by atoms with Gasteiger partial charge in [-0.2, -0.15) is 0 Å². The number of hydrogen-bond donors (Lipinski definition) is 3. The molecule has 1 rings (SSSR count). The molecule has 1 aliphatic carbocycles. The summed E-state index contributed by atoms with van der Waals surface area (Å²) in [5.74, 6) is -1.09. The topological polar surface area (TPSA) is 95.5 Å². The SMILES string of the molecule is CC(=O)N[C@@H](CC(C)C)C(=O)N[C@@H](CC1CC1)C(=O)O. The van der Waals surface area contributed by atoms with Crippen LogP contribution in [0.2, 0.25) is 0 Å². The number of amides is 2. The van der Waals surface area contributed by atoms with Crippen molar-refractivity contribution >= 4 is 17.8 Å². The Morgan fingerprint density at radius 3 is 2.15 bits per heavy atom. The average Bonchev–Trinajstić information content (AvgIpc) is 3.09. The van der Waals surface area contributed by atoms with E-state index >= 15 is 0 Å². The van der Waals surface area contributed by atoms with Crippen LogP contribution in [0.1, 0.15) is 46.5 Å². The Balaban J connectivity index is 2.60. The van der Waals surface area contributed by atoms with Gasteiger partial charge >= 0.3 is 5.97 Å². The highest BCUT2D eigenvalue weighted by Crippen LogP contribution is 2.33. The largest absolute Gasteiger partial charge is 0.480 e. The molecule has 6 heteroatoms. The molecule has 0 spiro atoms. The lowest BCUT2D eigenvalue weighted by molar-refractivity contribution is -0.142. The van der Waals surface area contributed by atoms with E-state index in [4.69, 9.17) is 5.11 Å². The molecular formula is C14H24N2O4. The molecule has 0 saturated heterocycles. The maximum Gasteiger partial charge on any atom is 0.326 e. The van der Waals surface area contributed by atoms with Crippen LogP contribution in [0.3, 0.4) is 0 Å². The number of carbonyl (C=O) groups is 3. The van der Waals surface area contributed by atoms with Crippen LogP contribution in [0, 0.1) is 11.8 Å². The molecule has 0 aromatic heterocycles. The lowest BCUT2D eigenvalue weighted by Gasteiger charge is -2.22. The second-order valence-electron chi connectivity index (χ2n) is 5.96. The fourth-order valence-corrected chi connectivity index (χ4v) is 2.13. The molecule has 2 atom stereocenters. The van der Waals surface area contributed by atoms with Crippen LogP contribution in [0.25, 0.3) is 0 Å². The third-order valence-corrected chi connectivity index (χ3v) is 3.28. The minimum absolute atomic E-state index is 0.226. The Bertz CT molecular complexity index is 377. The molecule has 1 saturated carbocycles. The molecule has 0 radical (unpaired) electrons. The number of aliphatic carboxylic acids is 1. The van der Waals surface area contributed by atoms with E-state index in [9.17, 15) is 14.4 Å². The normalized spacial score (nSPS) is 17.4. The molecule has 1 aliphatic rings. The Morgan fingerprint density at radius 1 is 1.15 bits per heavy atom. The summed E-state index contributed by atoms with van der Waals surface area (Å²) in [5.41, 5.74) is 0. The highest BCUT2D eigenvalue weighted by molar-refractivity contribution is 5.89. The second-order valence-corrected chi connectivity index (χ2v) is 5.96. The first-order valence-electron chi connectivity index (χ1n) is 7.09. The lowest BCUT2D eigenvalue weighted by atomic mass is 10.0. The summed E-state index contributed by atoms with van der Waals surface area (Å²) >= 11 is 0. The molecular weight excluding hydrogens is 260 g/mol. The monoisotopic (exact) mass is 284 g/mol. The van der Waals surface area contributed by atoms with Crippen molar-refractivity contribution in [2.45, 2.75) is 58.5 Å². The molecule has 0 aromatic rings. The van der Waals surface area contributed by atoms with Gasteiger partial charge in [0.2, 0.25) is 11.8 Å². The van der Waals surface area contributed by atoms with Crippen molar-refractivity contribution in [2.24, 2.45) is 11.8 Å². The van der Waals surface area contributed by atoms with Gasteiger partial charge in [-0.15, -0.1) is 0 Å². The molecule has 1 fully saturated rings. The van der Waals surface area contributed by atoms with Crippen molar-refractivity contribution < 1.29 is 19.5 Å². The molecule has 6 nitrogen and oxygen atoms in total. The van der Waals surface area contributed by atoms with Crippen molar-refractivity contribution in [3.05, 3.63) is 0 Å². The Hall–Kier alpha value is -1.59. The third-order valence-electron chi connectivity index (χ3n) is 3.28. The van der Waals surface area contributed by atoms with Crippen LogP contribution in [0.15, 0.2) is 0 Å². The van der Waals surface area contributed by atoms with E-state index in [1.54, 1.807) is 0 Å². The zero-order valence-electron chi connectivity index (χ0n) is 12.3.